The van der Waals surface area contributed by atoms with Crippen LogP contribution >= 0.6 is 0 Å². The summed E-state index contributed by atoms with van der Waals surface area (Å²) in [6.45, 7) is 3.27. The number of hydrogen-bond donors (Lipinski definition) is 1. The fourth-order valence-corrected chi connectivity index (χ4v) is 7.38. The number of likely N-dealkylation sites (N-methyl/N-ethyl adjacent to an activating group) is 1. The minimum atomic E-state index is -3.60. The fraction of sp³-hybridized carbons (Fsp3) is 0.457. The van der Waals surface area contributed by atoms with Gasteiger partial charge in [0, 0.05) is 26.7 Å². The van der Waals surface area contributed by atoms with Crippen LogP contribution in [-0.4, -0.2) is 63.0 Å². The molecule has 3 unspecified atom stereocenters. The number of nitrogens with one attached hydrogen (secondary N) is 1. The number of benzene rings is 3. The van der Waals surface area contributed by atoms with Crippen LogP contribution in [-0.2, 0) is 26.2 Å². The Kier molecular flexibility index (Phi) is 11.0. The molecule has 3 aromatic rings. The van der Waals surface area contributed by atoms with Gasteiger partial charge in [0.1, 0.15) is 6.61 Å². The van der Waals surface area contributed by atoms with E-state index in [1.165, 1.54) is 23.6 Å². The van der Waals surface area contributed by atoms with Gasteiger partial charge in [-0.1, -0.05) is 85.3 Å². The highest BCUT2D eigenvalue weighted by Gasteiger charge is 2.34. The molecular weight excluding hydrogens is 558 g/mol. The van der Waals surface area contributed by atoms with E-state index in [1.807, 2.05) is 54.6 Å². The average Bonchev–Trinajstić information content (AvgIpc) is 3.02. The van der Waals surface area contributed by atoms with Crippen molar-refractivity contribution in [2.24, 2.45) is 11.8 Å². The minimum absolute atomic E-state index is 0.0329. The molecule has 5 rings (SSSR count). The lowest BCUT2D eigenvalue weighted by Crippen LogP contribution is -2.53. The molecule has 3 aromatic carbocycles. The van der Waals surface area contributed by atoms with Crippen LogP contribution in [0.5, 0.6) is 0 Å². The molecule has 8 heteroatoms. The standard InChI is InChI=1S/C35H45N3O4S/c1-37(43(40,41)33-18-9-4-10-19-33)26-32(30-16-7-3-8-17-30)21-23-38-22-20-31(24-34(38)36-25-28-14-11-15-28)35(39)42-27-29-12-5-2-6-13-29/h2-10,12-13,16-19,28,31-32,34,36H,11,14-15,20-27H2,1H3. The molecule has 0 radical (unpaired) electrons. The van der Waals surface area contributed by atoms with E-state index in [4.69, 9.17) is 4.74 Å². The highest BCUT2D eigenvalue weighted by Crippen LogP contribution is 2.30. The Morgan fingerprint density at radius 3 is 2.26 bits per heavy atom. The molecule has 0 aromatic heterocycles. The van der Waals surface area contributed by atoms with Gasteiger partial charge >= 0.3 is 5.97 Å². The zero-order chi connectivity index (χ0) is 30.1. The molecule has 43 heavy (non-hydrogen) atoms. The van der Waals surface area contributed by atoms with Gasteiger partial charge in [-0.15, -0.1) is 0 Å². The van der Waals surface area contributed by atoms with E-state index >= 15 is 0 Å². The summed E-state index contributed by atoms with van der Waals surface area (Å²) in [6.07, 6.45) is 6.20. The van der Waals surface area contributed by atoms with Crippen molar-refractivity contribution in [1.82, 2.24) is 14.5 Å². The lowest BCUT2D eigenvalue weighted by atomic mass is 9.85. The lowest BCUT2D eigenvalue weighted by molar-refractivity contribution is -0.152. The Hall–Kier alpha value is -3.04. The third kappa shape index (κ3) is 8.54. The molecule has 1 saturated heterocycles. The molecule has 1 aliphatic carbocycles. The van der Waals surface area contributed by atoms with E-state index in [0.29, 0.717) is 24.0 Å². The zero-order valence-corrected chi connectivity index (χ0v) is 26.0. The summed E-state index contributed by atoms with van der Waals surface area (Å²) in [5.74, 6) is 0.492. The van der Waals surface area contributed by atoms with Crippen LogP contribution in [0.1, 0.15) is 55.6 Å². The van der Waals surface area contributed by atoms with Gasteiger partial charge < -0.3 is 10.1 Å². The molecule has 2 fully saturated rings. The topological polar surface area (TPSA) is 79.0 Å². The van der Waals surface area contributed by atoms with Crippen LogP contribution in [0.3, 0.4) is 0 Å². The van der Waals surface area contributed by atoms with E-state index < -0.39 is 10.0 Å². The first-order valence-electron chi connectivity index (χ1n) is 15.6. The van der Waals surface area contributed by atoms with Gasteiger partial charge in [-0.25, -0.2) is 12.7 Å². The fourth-order valence-electron chi connectivity index (χ4n) is 6.15. The maximum Gasteiger partial charge on any atom is 0.309 e. The number of rotatable bonds is 14. The highest BCUT2D eigenvalue weighted by atomic mass is 32.2. The van der Waals surface area contributed by atoms with Crippen LogP contribution in [0.25, 0.3) is 0 Å². The van der Waals surface area contributed by atoms with Gasteiger partial charge in [0.05, 0.1) is 17.0 Å². The third-order valence-electron chi connectivity index (χ3n) is 9.10. The molecule has 0 spiro atoms. The van der Waals surface area contributed by atoms with E-state index in [2.05, 4.69) is 22.3 Å². The number of nitrogens with zero attached hydrogens (tertiary/aromatic N) is 2. The summed E-state index contributed by atoms with van der Waals surface area (Å²) in [5, 5.41) is 3.79. The van der Waals surface area contributed by atoms with Gasteiger partial charge in [0.15, 0.2) is 0 Å². The van der Waals surface area contributed by atoms with Crippen molar-refractivity contribution in [2.75, 3.05) is 33.2 Å². The van der Waals surface area contributed by atoms with Crippen molar-refractivity contribution in [3.05, 3.63) is 102 Å². The van der Waals surface area contributed by atoms with Gasteiger partial charge in [-0.05, 0) is 73.7 Å². The smallest absolute Gasteiger partial charge is 0.309 e. The van der Waals surface area contributed by atoms with Crippen LogP contribution < -0.4 is 5.32 Å². The monoisotopic (exact) mass is 603 g/mol. The third-order valence-corrected chi connectivity index (χ3v) is 10.9. The molecule has 1 saturated carbocycles. The van der Waals surface area contributed by atoms with Crippen molar-refractivity contribution >= 4 is 16.0 Å². The summed E-state index contributed by atoms with van der Waals surface area (Å²) >= 11 is 0. The van der Waals surface area contributed by atoms with Crippen LogP contribution in [0.2, 0.25) is 0 Å². The number of esters is 1. The maximum absolute atomic E-state index is 13.3. The number of hydrogen-bond acceptors (Lipinski definition) is 6. The Balaban J connectivity index is 1.24. The molecular formula is C35H45N3O4S. The van der Waals surface area contributed by atoms with Gasteiger partial charge in [0.2, 0.25) is 10.0 Å². The summed E-state index contributed by atoms with van der Waals surface area (Å²) < 4.78 is 33.9. The van der Waals surface area contributed by atoms with Crippen molar-refractivity contribution in [2.45, 2.75) is 62.1 Å². The van der Waals surface area contributed by atoms with Crippen molar-refractivity contribution in [3.63, 3.8) is 0 Å². The zero-order valence-electron chi connectivity index (χ0n) is 25.2. The summed E-state index contributed by atoms with van der Waals surface area (Å²) in [4.78, 5) is 15.9. The Bertz CT molecular complexity index is 1380. The Morgan fingerprint density at radius 1 is 0.953 bits per heavy atom. The second-order valence-electron chi connectivity index (χ2n) is 12.1. The van der Waals surface area contributed by atoms with Gasteiger partial charge in [-0.3, -0.25) is 9.69 Å². The quantitative estimate of drug-likeness (QED) is 0.240. The molecule has 1 N–H and O–H groups in total. The summed E-state index contributed by atoms with van der Waals surface area (Å²) in [5.41, 5.74) is 2.13. The molecule has 7 nitrogen and oxygen atoms in total. The second-order valence-corrected chi connectivity index (χ2v) is 14.1. The molecule has 0 bridgehead atoms. The van der Waals surface area contributed by atoms with E-state index in [1.54, 1.807) is 31.3 Å². The molecule has 0 amide bonds. The average molecular weight is 604 g/mol. The van der Waals surface area contributed by atoms with Gasteiger partial charge in [0.25, 0.3) is 0 Å². The first kappa shape index (κ1) is 31.4. The molecule has 1 aliphatic heterocycles. The second kappa shape index (κ2) is 15.1. The van der Waals surface area contributed by atoms with E-state index in [-0.39, 0.29) is 24.0 Å². The molecule has 1 heterocycles. The molecule has 230 valence electrons. The SMILES string of the molecule is CN(CC(CCN1CCC(C(=O)OCc2ccccc2)CC1NCC1CCC1)c1ccccc1)S(=O)(=O)c1ccccc1. The van der Waals surface area contributed by atoms with Crippen molar-refractivity contribution < 1.29 is 17.9 Å². The van der Waals surface area contributed by atoms with Crippen LogP contribution in [0, 0.1) is 11.8 Å². The number of sulfonamides is 1. The molecule has 3 atom stereocenters. The highest BCUT2D eigenvalue weighted by molar-refractivity contribution is 7.89. The van der Waals surface area contributed by atoms with Crippen molar-refractivity contribution in [1.29, 1.82) is 0 Å². The number of likely N-dealkylation sites (tertiary alicyclic amines) is 1. The number of carbonyl (C=O) groups excluding carboxylic acids is 1. The maximum atomic E-state index is 13.3. The number of carbonyl (C=O) groups is 1. The first-order valence-corrected chi connectivity index (χ1v) is 17.1. The van der Waals surface area contributed by atoms with E-state index in [0.717, 1.165) is 50.0 Å². The Morgan fingerprint density at radius 2 is 1.60 bits per heavy atom. The summed E-state index contributed by atoms with van der Waals surface area (Å²) in [6, 6.07) is 28.7. The van der Waals surface area contributed by atoms with E-state index in [9.17, 15) is 13.2 Å². The largest absolute Gasteiger partial charge is 0.461 e. The summed E-state index contributed by atoms with van der Waals surface area (Å²) in [7, 11) is -1.92. The van der Waals surface area contributed by atoms with Gasteiger partial charge in [-0.2, -0.15) is 0 Å². The normalized spacial score (nSPS) is 20.4. The van der Waals surface area contributed by atoms with Crippen LogP contribution in [0.4, 0.5) is 0 Å². The predicted molar refractivity (Wildman–Crippen MR) is 170 cm³/mol. The predicted octanol–water partition coefficient (Wildman–Crippen LogP) is 5.65. The minimum Gasteiger partial charge on any atom is -0.461 e. The first-order chi connectivity index (χ1) is 20.9. The molecule has 2 aliphatic rings. The number of ether oxygens (including phenoxy) is 1. The van der Waals surface area contributed by atoms with Crippen molar-refractivity contribution in [3.8, 4) is 0 Å². The Labute approximate surface area is 257 Å². The van der Waals surface area contributed by atoms with Crippen LogP contribution in [0.15, 0.2) is 95.9 Å². The number of piperidine rings is 1. The lowest BCUT2D eigenvalue weighted by Gasteiger charge is -2.41.